The standard InChI is InChI=1S/C11H16BrN3O2/c1-7(2)10(13-3)5-11-9(12)4-8(6-14-11)15(16)17/h4,6-7,10,13H,5H2,1-3H3. The molecule has 1 aromatic heterocycles. The Morgan fingerprint density at radius 2 is 2.24 bits per heavy atom. The maximum Gasteiger partial charge on any atom is 0.288 e. The van der Waals surface area contributed by atoms with Crippen LogP contribution in [0, 0.1) is 16.0 Å². The van der Waals surface area contributed by atoms with Gasteiger partial charge >= 0.3 is 0 Å². The highest BCUT2D eigenvalue weighted by Crippen LogP contribution is 2.22. The maximum atomic E-state index is 10.6. The molecule has 0 fully saturated rings. The third-order valence-corrected chi connectivity index (χ3v) is 3.39. The Labute approximate surface area is 109 Å². The quantitative estimate of drug-likeness (QED) is 0.670. The molecule has 1 rings (SSSR count). The minimum Gasteiger partial charge on any atom is -0.316 e. The van der Waals surface area contributed by atoms with Gasteiger partial charge in [-0.2, -0.15) is 0 Å². The molecule has 6 heteroatoms. The van der Waals surface area contributed by atoms with Crippen LogP contribution < -0.4 is 5.32 Å². The second-order valence-corrected chi connectivity index (χ2v) is 5.08. The summed E-state index contributed by atoms with van der Waals surface area (Å²) in [4.78, 5) is 14.3. The Hall–Kier alpha value is -1.01. The van der Waals surface area contributed by atoms with Gasteiger partial charge < -0.3 is 5.32 Å². The van der Waals surface area contributed by atoms with Crippen LogP contribution in [-0.2, 0) is 6.42 Å². The number of nitro groups is 1. The van der Waals surface area contributed by atoms with E-state index in [1.807, 2.05) is 7.05 Å². The molecule has 1 unspecified atom stereocenters. The minimum atomic E-state index is -0.445. The van der Waals surface area contributed by atoms with E-state index in [4.69, 9.17) is 0 Å². The monoisotopic (exact) mass is 301 g/mol. The van der Waals surface area contributed by atoms with Gasteiger partial charge in [0.1, 0.15) is 6.20 Å². The Morgan fingerprint density at radius 1 is 1.59 bits per heavy atom. The largest absolute Gasteiger partial charge is 0.316 e. The second kappa shape index (κ2) is 6.07. The fourth-order valence-electron chi connectivity index (χ4n) is 1.59. The topological polar surface area (TPSA) is 68.1 Å². The van der Waals surface area contributed by atoms with Crippen LogP contribution in [0.5, 0.6) is 0 Å². The average Bonchev–Trinajstić information content (AvgIpc) is 2.26. The lowest BCUT2D eigenvalue weighted by atomic mass is 9.99. The molecule has 0 aliphatic rings. The molecule has 0 aromatic carbocycles. The molecule has 1 N–H and O–H groups in total. The van der Waals surface area contributed by atoms with E-state index in [-0.39, 0.29) is 5.69 Å². The minimum absolute atomic E-state index is 0.00572. The number of nitrogens with one attached hydrogen (secondary N) is 1. The SMILES string of the molecule is CNC(Cc1ncc([N+](=O)[O-])cc1Br)C(C)C. The first kappa shape index (κ1) is 14.1. The van der Waals surface area contributed by atoms with Crippen LogP contribution in [-0.4, -0.2) is 23.0 Å². The summed E-state index contributed by atoms with van der Waals surface area (Å²) in [5, 5.41) is 13.8. The highest BCUT2D eigenvalue weighted by Gasteiger charge is 2.16. The fraction of sp³-hybridized carbons (Fsp3) is 0.545. The summed E-state index contributed by atoms with van der Waals surface area (Å²) in [6.45, 7) is 4.25. The smallest absolute Gasteiger partial charge is 0.288 e. The molecule has 1 aromatic rings. The zero-order chi connectivity index (χ0) is 13.0. The van der Waals surface area contributed by atoms with Crippen molar-refractivity contribution in [1.29, 1.82) is 0 Å². The summed E-state index contributed by atoms with van der Waals surface area (Å²) in [7, 11) is 1.91. The van der Waals surface area contributed by atoms with E-state index < -0.39 is 4.92 Å². The van der Waals surface area contributed by atoms with Gasteiger partial charge in [0.05, 0.1) is 10.6 Å². The molecular formula is C11H16BrN3O2. The Kier molecular flexibility index (Phi) is 5.02. The predicted octanol–water partition coefficient (Wildman–Crippen LogP) is 2.54. The molecule has 0 saturated heterocycles. The van der Waals surface area contributed by atoms with Crippen molar-refractivity contribution in [2.75, 3.05) is 7.05 Å². The van der Waals surface area contributed by atoms with E-state index in [1.165, 1.54) is 12.3 Å². The van der Waals surface area contributed by atoms with Crippen LogP contribution in [0.4, 0.5) is 5.69 Å². The highest BCUT2D eigenvalue weighted by atomic mass is 79.9. The van der Waals surface area contributed by atoms with Gasteiger partial charge in [-0.25, -0.2) is 0 Å². The van der Waals surface area contributed by atoms with E-state index in [2.05, 4.69) is 40.1 Å². The molecule has 0 aliphatic carbocycles. The summed E-state index contributed by atoms with van der Waals surface area (Å²) in [6, 6.07) is 1.80. The van der Waals surface area contributed by atoms with E-state index in [9.17, 15) is 10.1 Å². The van der Waals surface area contributed by atoms with Crippen molar-refractivity contribution < 1.29 is 4.92 Å². The summed E-state index contributed by atoms with van der Waals surface area (Å²) in [6.07, 6.45) is 2.04. The van der Waals surface area contributed by atoms with Crippen LogP contribution in [0.15, 0.2) is 16.7 Å². The van der Waals surface area contributed by atoms with Gasteiger partial charge in [0.15, 0.2) is 0 Å². The normalized spacial score (nSPS) is 12.8. The summed E-state index contributed by atoms with van der Waals surface area (Å²) in [5.41, 5.74) is 0.842. The lowest BCUT2D eigenvalue weighted by molar-refractivity contribution is -0.385. The van der Waals surface area contributed by atoms with Gasteiger partial charge in [0.2, 0.25) is 0 Å². The zero-order valence-electron chi connectivity index (χ0n) is 10.1. The lowest BCUT2D eigenvalue weighted by Crippen LogP contribution is -2.33. The van der Waals surface area contributed by atoms with Crippen LogP contribution in [0.25, 0.3) is 0 Å². The van der Waals surface area contributed by atoms with E-state index in [1.54, 1.807) is 0 Å². The lowest BCUT2D eigenvalue weighted by Gasteiger charge is -2.20. The van der Waals surface area contributed by atoms with Gasteiger partial charge in [-0.3, -0.25) is 15.1 Å². The molecule has 1 heterocycles. The Bertz CT molecular complexity index is 410. The first-order valence-corrected chi connectivity index (χ1v) is 6.21. The number of rotatable bonds is 5. The number of pyridine rings is 1. The van der Waals surface area contributed by atoms with Crippen LogP contribution in [0.2, 0.25) is 0 Å². The molecule has 0 spiro atoms. The van der Waals surface area contributed by atoms with E-state index in [0.29, 0.717) is 16.4 Å². The molecule has 0 bridgehead atoms. The third kappa shape index (κ3) is 3.74. The van der Waals surface area contributed by atoms with Crippen molar-refractivity contribution in [3.8, 4) is 0 Å². The number of hydrogen-bond donors (Lipinski definition) is 1. The third-order valence-electron chi connectivity index (χ3n) is 2.70. The summed E-state index contributed by atoms with van der Waals surface area (Å²) < 4.78 is 0.688. The van der Waals surface area contributed by atoms with Crippen molar-refractivity contribution in [1.82, 2.24) is 10.3 Å². The van der Waals surface area contributed by atoms with Crippen LogP contribution in [0.3, 0.4) is 0 Å². The Morgan fingerprint density at radius 3 is 2.65 bits per heavy atom. The maximum absolute atomic E-state index is 10.6. The molecular weight excluding hydrogens is 286 g/mol. The molecule has 0 saturated carbocycles. The van der Waals surface area contributed by atoms with Crippen LogP contribution in [0.1, 0.15) is 19.5 Å². The molecule has 0 radical (unpaired) electrons. The number of halogens is 1. The van der Waals surface area contributed by atoms with Crippen molar-refractivity contribution in [3.05, 3.63) is 32.5 Å². The number of likely N-dealkylation sites (N-methyl/N-ethyl adjacent to an activating group) is 1. The number of hydrogen-bond acceptors (Lipinski definition) is 4. The van der Waals surface area contributed by atoms with Crippen molar-refractivity contribution in [2.45, 2.75) is 26.3 Å². The van der Waals surface area contributed by atoms with Crippen molar-refractivity contribution in [2.24, 2.45) is 5.92 Å². The van der Waals surface area contributed by atoms with Gasteiger partial charge in [0, 0.05) is 23.0 Å². The fourth-order valence-corrected chi connectivity index (χ4v) is 2.08. The van der Waals surface area contributed by atoms with Crippen LogP contribution >= 0.6 is 15.9 Å². The van der Waals surface area contributed by atoms with Crippen molar-refractivity contribution >= 4 is 21.6 Å². The van der Waals surface area contributed by atoms with Gasteiger partial charge in [0.25, 0.3) is 5.69 Å². The molecule has 1 atom stereocenters. The Balaban J connectivity index is 2.89. The average molecular weight is 302 g/mol. The van der Waals surface area contributed by atoms with Crippen molar-refractivity contribution in [3.63, 3.8) is 0 Å². The number of nitrogens with zero attached hydrogens (tertiary/aromatic N) is 2. The van der Waals surface area contributed by atoms with E-state index in [0.717, 1.165) is 12.1 Å². The second-order valence-electron chi connectivity index (χ2n) is 4.22. The predicted molar refractivity (Wildman–Crippen MR) is 70.0 cm³/mol. The zero-order valence-corrected chi connectivity index (χ0v) is 11.7. The first-order valence-electron chi connectivity index (χ1n) is 5.41. The van der Waals surface area contributed by atoms with Gasteiger partial charge in [-0.1, -0.05) is 13.8 Å². The molecule has 5 nitrogen and oxygen atoms in total. The number of aromatic nitrogens is 1. The summed E-state index contributed by atoms with van der Waals surface area (Å²) in [5.74, 6) is 0.476. The highest BCUT2D eigenvalue weighted by molar-refractivity contribution is 9.10. The molecule has 17 heavy (non-hydrogen) atoms. The molecule has 0 amide bonds. The summed E-state index contributed by atoms with van der Waals surface area (Å²) >= 11 is 3.33. The first-order chi connectivity index (χ1) is 7.95. The van der Waals surface area contributed by atoms with E-state index >= 15 is 0 Å². The molecule has 0 aliphatic heterocycles. The van der Waals surface area contributed by atoms with Gasteiger partial charge in [-0.05, 0) is 28.9 Å². The molecule has 94 valence electrons. The van der Waals surface area contributed by atoms with Gasteiger partial charge in [-0.15, -0.1) is 0 Å².